The molecule has 2 aromatic rings. The van der Waals surface area contributed by atoms with Crippen LogP contribution in [0.1, 0.15) is 45.7 Å². The molecule has 0 amide bonds. The van der Waals surface area contributed by atoms with Crippen molar-refractivity contribution < 1.29 is 4.52 Å². The summed E-state index contributed by atoms with van der Waals surface area (Å²) in [6.07, 6.45) is 1.09. The summed E-state index contributed by atoms with van der Waals surface area (Å²) in [5, 5.41) is 5.24. The predicted octanol–water partition coefficient (Wildman–Crippen LogP) is 4.37. The third kappa shape index (κ3) is 2.38. The van der Waals surface area contributed by atoms with Crippen molar-refractivity contribution in [3.8, 4) is 0 Å². The van der Waals surface area contributed by atoms with Crippen LogP contribution in [0.15, 0.2) is 28.8 Å². The van der Waals surface area contributed by atoms with E-state index in [-0.39, 0.29) is 0 Å². The van der Waals surface area contributed by atoms with Crippen LogP contribution in [-0.2, 0) is 0 Å². The number of rotatable bonds is 2. The zero-order chi connectivity index (χ0) is 11.3. The fourth-order valence-electron chi connectivity index (χ4n) is 1.45. The first kappa shape index (κ1) is 11.8. The number of hydrogen-bond acceptors (Lipinski definition) is 2. The summed E-state index contributed by atoms with van der Waals surface area (Å²) >= 11 is 0. The van der Waals surface area contributed by atoms with E-state index in [1.807, 2.05) is 32.0 Å². The van der Waals surface area contributed by atoms with Crippen LogP contribution in [0, 0.1) is 0 Å². The topological polar surface area (TPSA) is 26.0 Å². The molecule has 0 saturated heterocycles. The minimum Gasteiger partial charge on any atom is -0.356 e. The minimum absolute atomic E-state index is 0.476. The summed E-state index contributed by atoms with van der Waals surface area (Å²) in [5.41, 5.74) is 1.97. The van der Waals surface area contributed by atoms with E-state index < -0.39 is 0 Å². The molecule has 0 aliphatic rings. The van der Waals surface area contributed by atoms with Gasteiger partial charge < -0.3 is 4.52 Å². The van der Waals surface area contributed by atoms with Crippen molar-refractivity contribution in [3.63, 3.8) is 0 Å². The molecule has 2 nitrogen and oxygen atoms in total. The Morgan fingerprint density at radius 2 is 1.93 bits per heavy atom. The van der Waals surface area contributed by atoms with E-state index in [0.29, 0.717) is 5.92 Å². The van der Waals surface area contributed by atoms with Crippen molar-refractivity contribution in [2.45, 2.75) is 40.0 Å². The third-order valence-corrected chi connectivity index (χ3v) is 2.48. The maximum Gasteiger partial charge on any atom is 0.167 e. The standard InChI is InChI=1S/C11H13NO.C2H6/c1-3-8(2)11-9-6-4-5-7-10(9)13-12-11;1-2/h4-8H,3H2,1-2H3;1-2H3. The molecule has 1 aromatic carbocycles. The first-order chi connectivity index (χ1) is 7.33. The molecule has 2 heteroatoms. The average molecular weight is 205 g/mol. The lowest BCUT2D eigenvalue weighted by Crippen LogP contribution is -1.91. The molecule has 15 heavy (non-hydrogen) atoms. The van der Waals surface area contributed by atoms with E-state index in [1.165, 1.54) is 0 Å². The number of fused-ring (bicyclic) bond motifs is 1. The number of hydrogen-bond donors (Lipinski definition) is 0. The van der Waals surface area contributed by atoms with Gasteiger partial charge in [-0.1, -0.05) is 45.0 Å². The summed E-state index contributed by atoms with van der Waals surface area (Å²) < 4.78 is 5.22. The molecule has 0 aliphatic carbocycles. The largest absolute Gasteiger partial charge is 0.356 e. The molecule has 0 aliphatic heterocycles. The monoisotopic (exact) mass is 205 g/mol. The number of para-hydroxylation sites is 1. The van der Waals surface area contributed by atoms with Crippen molar-refractivity contribution in [2.24, 2.45) is 0 Å². The molecule has 0 radical (unpaired) electrons. The second-order valence-corrected chi connectivity index (χ2v) is 3.37. The summed E-state index contributed by atoms with van der Waals surface area (Å²) in [7, 11) is 0. The fraction of sp³-hybridized carbons (Fsp3) is 0.462. The van der Waals surface area contributed by atoms with Gasteiger partial charge in [0.15, 0.2) is 5.58 Å². The maximum absolute atomic E-state index is 5.22. The Morgan fingerprint density at radius 3 is 2.60 bits per heavy atom. The van der Waals surface area contributed by atoms with E-state index in [1.54, 1.807) is 0 Å². The molecule has 0 fully saturated rings. The molecule has 0 N–H and O–H groups in total. The molecular weight excluding hydrogens is 186 g/mol. The van der Waals surface area contributed by atoms with Crippen LogP contribution in [0.5, 0.6) is 0 Å². The van der Waals surface area contributed by atoms with Gasteiger partial charge in [-0.25, -0.2) is 0 Å². The van der Waals surface area contributed by atoms with Crippen LogP contribution in [0.2, 0.25) is 0 Å². The van der Waals surface area contributed by atoms with Gasteiger partial charge in [-0.2, -0.15) is 0 Å². The van der Waals surface area contributed by atoms with Gasteiger partial charge >= 0.3 is 0 Å². The molecule has 1 heterocycles. The van der Waals surface area contributed by atoms with Gasteiger partial charge in [-0.15, -0.1) is 0 Å². The number of benzene rings is 1. The van der Waals surface area contributed by atoms with Crippen LogP contribution in [0.3, 0.4) is 0 Å². The van der Waals surface area contributed by atoms with Gasteiger partial charge in [0.05, 0.1) is 5.69 Å². The molecule has 0 saturated carbocycles. The highest BCUT2D eigenvalue weighted by atomic mass is 16.5. The molecule has 2 rings (SSSR count). The summed E-state index contributed by atoms with van der Waals surface area (Å²) in [6, 6.07) is 8.00. The Morgan fingerprint density at radius 1 is 1.27 bits per heavy atom. The quantitative estimate of drug-likeness (QED) is 0.727. The molecular formula is C13H19NO. The summed E-state index contributed by atoms with van der Waals surface area (Å²) in [6.45, 7) is 8.33. The van der Waals surface area contributed by atoms with Crippen LogP contribution in [0.4, 0.5) is 0 Å². The molecule has 1 atom stereocenters. The second-order valence-electron chi connectivity index (χ2n) is 3.37. The lowest BCUT2D eigenvalue weighted by molar-refractivity contribution is 0.438. The normalized spacial score (nSPS) is 12.0. The van der Waals surface area contributed by atoms with Crippen molar-refractivity contribution in [2.75, 3.05) is 0 Å². The van der Waals surface area contributed by atoms with E-state index in [2.05, 4.69) is 25.1 Å². The van der Waals surface area contributed by atoms with Crippen LogP contribution >= 0.6 is 0 Å². The second kappa shape index (κ2) is 5.54. The van der Waals surface area contributed by atoms with Crippen molar-refractivity contribution in [1.82, 2.24) is 5.16 Å². The van der Waals surface area contributed by atoms with Crippen molar-refractivity contribution >= 4 is 11.0 Å². The van der Waals surface area contributed by atoms with E-state index in [0.717, 1.165) is 23.1 Å². The van der Waals surface area contributed by atoms with E-state index in [9.17, 15) is 0 Å². The lowest BCUT2D eigenvalue weighted by Gasteiger charge is -2.02. The lowest BCUT2D eigenvalue weighted by atomic mass is 10.0. The highest BCUT2D eigenvalue weighted by molar-refractivity contribution is 5.79. The molecule has 1 aromatic heterocycles. The maximum atomic E-state index is 5.22. The molecule has 0 spiro atoms. The molecule has 0 bridgehead atoms. The fourth-order valence-corrected chi connectivity index (χ4v) is 1.45. The SMILES string of the molecule is CC.CCC(C)c1noc2ccccc12. The van der Waals surface area contributed by atoms with Crippen LogP contribution in [-0.4, -0.2) is 5.16 Å². The Labute approximate surface area is 91.3 Å². The zero-order valence-corrected chi connectivity index (χ0v) is 9.95. The van der Waals surface area contributed by atoms with Gasteiger partial charge in [0.1, 0.15) is 0 Å². The Balaban J connectivity index is 0.000000531. The Hall–Kier alpha value is -1.31. The predicted molar refractivity (Wildman–Crippen MR) is 64.1 cm³/mol. The molecule has 1 unspecified atom stereocenters. The van der Waals surface area contributed by atoms with E-state index in [4.69, 9.17) is 4.52 Å². The van der Waals surface area contributed by atoms with Crippen LogP contribution < -0.4 is 0 Å². The Kier molecular flexibility index (Phi) is 4.35. The summed E-state index contributed by atoms with van der Waals surface area (Å²) in [5.74, 6) is 0.476. The Bertz CT molecular complexity index is 406. The first-order valence-electron chi connectivity index (χ1n) is 5.67. The number of nitrogens with zero attached hydrogens (tertiary/aromatic N) is 1. The minimum atomic E-state index is 0.476. The average Bonchev–Trinajstić information content (AvgIpc) is 2.74. The molecule has 82 valence electrons. The van der Waals surface area contributed by atoms with Gasteiger partial charge in [0, 0.05) is 11.3 Å². The van der Waals surface area contributed by atoms with E-state index >= 15 is 0 Å². The third-order valence-electron chi connectivity index (χ3n) is 2.48. The van der Waals surface area contributed by atoms with Gasteiger partial charge in [0.25, 0.3) is 0 Å². The van der Waals surface area contributed by atoms with Gasteiger partial charge in [0.2, 0.25) is 0 Å². The summed E-state index contributed by atoms with van der Waals surface area (Å²) in [4.78, 5) is 0. The zero-order valence-electron chi connectivity index (χ0n) is 9.95. The van der Waals surface area contributed by atoms with Gasteiger partial charge in [-0.05, 0) is 18.6 Å². The van der Waals surface area contributed by atoms with Crippen molar-refractivity contribution in [3.05, 3.63) is 30.0 Å². The highest BCUT2D eigenvalue weighted by Crippen LogP contribution is 2.26. The smallest absolute Gasteiger partial charge is 0.167 e. The number of aromatic nitrogens is 1. The highest BCUT2D eigenvalue weighted by Gasteiger charge is 2.12. The van der Waals surface area contributed by atoms with Crippen LogP contribution in [0.25, 0.3) is 11.0 Å². The first-order valence-corrected chi connectivity index (χ1v) is 5.67. The van der Waals surface area contributed by atoms with Crippen molar-refractivity contribution in [1.29, 1.82) is 0 Å². The van der Waals surface area contributed by atoms with Gasteiger partial charge in [-0.3, -0.25) is 0 Å².